The molecule has 2 aliphatic heterocycles. The molecule has 16 nitrogen and oxygen atoms in total. The lowest BCUT2D eigenvalue weighted by molar-refractivity contribution is -0.941. The molecule has 4 aromatic rings. The van der Waals surface area contributed by atoms with Crippen molar-refractivity contribution in [3.05, 3.63) is 93.0 Å². The lowest BCUT2D eigenvalue weighted by Gasteiger charge is -2.46. The quantitative estimate of drug-likeness (QED) is 0.0289. The van der Waals surface area contributed by atoms with Crippen LogP contribution in [-0.4, -0.2) is 145 Å². The number of nitrogens with zero attached hydrogens (tertiary/aromatic N) is 2. The third-order valence-corrected chi connectivity index (χ3v) is 14.4. The number of halogens is 1. The van der Waals surface area contributed by atoms with Gasteiger partial charge >= 0.3 is 11.9 Å². The Bertz CT molecular complexity index is 2500. The summed E-state index contributed by atoms with van der Waals surface area (Å²) in [6.07, 6.45) is 4.96. The van der Waals surface area contributed by atoms with Gasteiger partial charge in [-0.15, -0.1) is 0 Å². The topological polar surface area (TPSA) is 145 Å². The molecule has 2 heterocycles. The highest BCUT2D eigenvalue weighted by Gasteiger charge is 2.42. The van der Waals surface area contributed by atoms with E-state index in [4.69, 9.17) is 68.4 Å². The zero-order valence-corrected chi connectivity index (χ0v) is 44.1. The Hall–Kier alpha value is -6.23. The number of hydrogen-bond acceptors (Lipinski definition) is 14. The van der Waals surface area contributed by atoms with Crippen molar-refractivity contribution >= 4 is 23.5 Å². The fourth-order valence-corrected chi connectivity index (χ4v) is 10.4. The van der Waals surface area contributed by atoms with Gasteiger partial charge in [-0.3, -0.25) is 0 Å². The van der Waals surface area contributed by atoms with Crippen LogP contribution in [0.15, 0.2) is 59.6 Å². The van der Waals surface area contributed by atoms with E-state index in [0.29, 0.717) is 105 Å². The number of ether oxygens (including phenoxy) is 12. The molecule has 386 valence electrons. The molecule has 0 fully saturated rings. The molecule has 0 N–H and O–H groups in total. The molecular formula is C54H71ClN2O14+2. The first-order valence-electron chi connectivity index (χ1n) is 23.6. The predicted molar refractivity (Wildman–Crippen MR) is 269 cm³/mol. The second-order valence-corrected chi connectivity index (χ2v) is 18.6. The first kappa shape index (κ1) is 54.1. The standard InChI is InChI=1S/C54H71ClN2O14/c1-56(19-15-36-29-43(60-3)45(62-5)31-38(36)41(56)23-34-25-47(64-7)52(68-11)48(26-34)65-8)17-13-21-70-51(58)33-40(55)54(59)71-22-14-18-57(2)20-16-37-30-44(61-4)46(63-6)32-39(37)42(57)24-35-27-49(66-9)53(69-12)50(28-35)67-10/h25-33,41-42H,13-24H2,1-12H3/q+2/b40-33+/t41-,42-,56-,57-/m1/s1. The molecule has 17 heteroatoms. The van der Waals surface area contributed by atoms with Crippen molar-refractivity contribution in [2.24, 2.45) is 0 Å². The van der Waals surface area contributed by atoms with Gasteiger partial charge in [0, 0.05) is 55.7 Å². The molecule has 0 unspecified atom stereocenters. The smallest absolute Gasteiger partial charge is 0.350 e. The average molecular weight is 1010 g/mol. The molecule has 71 heavy (non-hydrogen) atoms. The number of methoxy groups -OCH3 is 10. The molecule has 0 amide bonds. The Morgan fingerprint density at radius 2 is 0.859 bits per heavy atom. The van der Waals surface area contributed by atoms with Crippen molar-refractivity contribution in [3.8, 4) is 57.5 Å². The molecule has 0 radical (unpaired) electrons. The van der Waals surface area contributed by atoms with Crippen LogP contribution in [0.1, 0.15) is 58.3 Å². The third-order valence-electron chi connectivity index (χ3n) is 14.1. The van der Waals surface area contributed by atoms with Crippen molar-refractivity contribution < 1.29 is 75.4 Å². The molecule has 0 aliphatic carbocycles. The van der Waals surface area contributed by atoms with Gasteiger partial charge in [-0.1, -0.05) is 11.6 Å². The van der Waals surface area contributed by atoms with Gasteiger partial charge in [0.05, 0.1) is 125 Å². The zero-order valence-electron chi connectivity index (χ0n) is 43.3. The van der Waals surface area contributed by atoms with Crippen molar-refractivity contribution in [2.45, 2.75) is 50.6 Å². The van der Waals surface area contributed by atoms with Gasteiger partial charge in [-0.25, -0.2) is 9.59 Å². The normalized spacial score (nSPS) is 19.3. The highest BCUT2D eigenvalue weighted by Crippen LogP contribution is 2.47. The molecule has 0 aromatic heterocycles. The Morgan fingerprint density at radius 1 is 0.507 bits per heavy atom. The van der Waals surface area contributed by atoms with E-state index in [1.807, 2.05) is 24.3 Å². The van der Waals surface area contributed by atoms with E-state index in [1.165, 1.54) is 11.1 Å². The molecule has 4 aromatic carbocycles. The summed E-state index contributed by atoms with van der Waals surface area (Å²) in [4.78, 5) is 26.1. The summed E-state index contributed by atoms with van der Waals surface area (Å²) < 4.78 is 69.3. The summed E-state index contributed by atoms with van der Waals surface area (Å²) in [7, 11) is 20.5. The fraction of sp³-hybridized carbons (Fsp3) is 0.481. The van der Waals surface area contributed by atoms with E-state index in [2.05, 4.69) is 38.4 Å². The van der Waals surface area contributed by atoms with E-state index in [1.54, 1.807) is 71.1 Å². The number of likely N-dealkylation sites (N-methyl/N-ethyl adjacent to an activating group) is 2. The molecule has 2 aliphatic rings. The maximum atomic E-state index is 13.1. The van der Waals surface area contributed by atoms with Crippen molar-refractivity contribution in [1.82, 2.24) is 0 Å². The third kappa shape index (κ3) is 12.1. The lowest BCUT2D eigenvalue weighted by Crippen LogP contribution is -2.52. The number of quaternary nitrogens is 2. The molecule has 0 spiro atoms. The van der Waals surface area contributed by atoms with E-state index >= 15 is 0 Å². The van der Waals surface area contributed by atoms with Crippen LogP contribution >= 0.6 is 11.6 Å². The Morgan fingerprint density at radius 3 is 1.21 bits per heavy atom. The minimum Gasteiger partial charge on any atom is -0.493 e. The monoisotopic (exact) mass is 1010 g/mol. The number of esters is 2. The Balaban J connectivity index is 1.09. The van der Waals surface area contributed by atoms with Crippen LogP contribution in [0.5, 0.6) is 57.5 Å². The van der Waals surface area contributed by atoms with Gasteiger partial charge < -0.3 is 65.8 Å². The first-order valence-corrected chi connectivity index (χ1v) is 24.0. The van der Waals surface area contributed by atoms with Crippen molar-refractivity contribution in [1.29, 1.82) is 0 Å². The average Bonchev–Trinajstić information content (AvgIpc) is 3.38. The number of hydrogen-bond donors (Lipinski definition) is 0. The summed E-state index contributed by atoms with van der Waals surface area (Å²) in [5.74, 6) is 4.46. The predicted octanol–water partition coefficient (Wildman–Crippen LogP) is 8.04. The van der Waals surface area contributed by atoms with Gasteiger partial charge in [0.2, 0.25) is 11.5 Å². The SMILES string of the molecule is COc1cc2c(cc1OC)[C@@H](Cc1cc(OC)c(OC)c(OC)c1)[N@+](C)(CCCOC(=O)/C=C(/Cl)C(=O)OCCC[N@+]1(C)CCc3cc(OC)c(OC)cc3[C@H]1Cc1cc(OC)c(OC)c(OC)c1)CC2. The minimum atomic E-state index is -0.798. The van der Waals surface area contributed by atoms with Crippen LogP contribution in [0, 0.1) is 0 Å². The largest absolute Gasteiger partial charge is 0.493 e. The van der Waals surface area contributed by atoms with Gasteiger partial charge in [0.15, 0.2) is 46.0 Å². The van der Waals surface area contributed by atoms with E-state index < -0.39 is 11.9 Å². The zero-order chi connectivity index (χ0) is 51.5. The Kier molecular flexibility index (Phi) is 18.5. The summed E-state index contributed by atoms with van der Waals surface area (Å²) in [5, 5.41) is -0.356. The molecule has 4 atom stereocenters. The summed E-state index contributed by atoms with van der Waals surface area (Å²) >= 11 is 6.37. The number of carbonyl (C=O) groups is 2. The lowest BCUT2D eigenvalue weighted by atomic mass is 9.86. The van der Waals surface area contributed by atoms with Crippen LogP contribution in [0.3, 0.4) is 0 Å². The maximum Gasteiger partial charge on any atom is 0.350 e. The van der Waals surface area contributed by atoms with Crippen molar-refractivity contribution in [3.63, 3.8) is 0 Å². The van der Waals surface area contributed by atoms with E-state index in [-0.39, 0.29) is 30.3 Å². The molecule has 6 rings (SSSR count). The number of fused-ring (bicyclic) bond motifs is 2. The van der Waals surface area contributed by atoms with Gasteiger partial charge in [-0.05, 0) is 70.8 Å². The number of carbonyl (C=O) groups excluding carboxylic acids is 2. The van der Waals surface area contributed by atoms with E-state index in [0.717, 1.165) is 54.3 Å². The van der Waals surface area contributed by atoms with Crippen LogP contribution in [0.25, 0.3) is 0 Å². The second kappa shape index (κ2) is 24.3. The molecule has 0 saturated carbocycles. The van der Waals surface area contributed by atoms with Crippen LogP contribution in [0.4, 0.5) is 0 Å². The Labute approximate surface area is 423 Å². The number of benzene rings is 4. The molecular weight excluding hydrogens is 936 g/mol. The second-order valence-electron chi connectivity index (χ2n) is 18.2. The summed E-state index contributed by atoms with van der Waals surface area (Å²) in [6, 6.07) is 16.1. The summed E-state index contributed by atoms with van der Waals surface area (Å²) in [6.45, 7) is 3.22. The minimum absolute atomic E-state index is 0.0170. The van der Waals surface area contributed by atoms with Crippen LogP contribution < -0.4 is 47.4 Å². The first-order chi connectivity index (χ1) is 34.2. The van der Waals surface area contributed by atoms with Gasteiger partial charge in [0.1, 0.15) is 17.1 Å². The van der Waals surface area contributed by atoms with E-state index in [9.17, 15) is 9.59 Å². The highest BCUT2D eigenvalue weighted by molar-refractivity contribution is 6.42. The molecule has 0 bridgehead atoms. The highest BCUT2D eigenvalue weighted by atomic mass is 35.5. The fourth-order valence-electron chi connectivity index (χ4n) is 10.3. The van der Waals surface area contributed by atoms with Gasteiger partial charge in [0.25, 0.3) is 0 Å². The van der Waals surface area contributed by atoms with Crippen molar-refractivity contribution in [2.75, 3.05) is 125 Å². The summed E-state index contributed by atoms with van der Waals surface area (Å²) in [5.41, 5.74) is 6.64. The molecule has 0 saturated heterocycles. The van der Waals surface area contributed by atoms with Crippen LogP contribution in [-0.2, 0) is 44.7 Å². The number of rotatable bonds is 24. The van der Waals surface area contributed by atoms with Gasteiger partial charge in [-0.2, -0.15) is 0 Å². The van der Waals surface area contributed by atoms with Crippen LogP contribution in [0.2, 0.25) is 0 Å². The maximum absolute atomic E-state index is 13.1.